The lowest BCUT2D eigenvalue weighted by Crippen LogP contribution is -2.32. The monoisotopic (exact) mass is 2170 g/mol. The minimum atomic E-state index is -3.22. The summed E-state index contributed by atoms with van der Waals surface area (Å²) < 4.78 is 44.8. The summed E-state index contributed by atoms with van der Waals surface area (Å²) in [7, 11) is 7.36. The second-order valence-corrected chi connectivity index (χ2v) is 58.5. The number of carbonyl (C=O) groups is 5. The first-order chi connectivity index (χ1) is 57.2. The molecular weight excluding hydrogens is 2060 g/mol. The van der Waals surface area contributed by atoms with Crippen LogP contribution >= 0.6 is 166 Å². The molecule has 0 atom stereocenters. The molecule has 0 aliphatic rings. The number of amides is 2. The number of fused-ring (bicyclic) bond motifs is 5. The number of carboxylic acids is 1. The van der Waals surface area contributed by atoms with Crippen molar-refractivity contribution in [2.24, 2.45) is 11.5 Å². The Balaban J connectivity index is -0.00000141. The van der Waals surface area contributed by atoms with Gasteiger partial charge in [0.25, 0.3) is 0 Å². The summed E-state index contributed by atoms with van der Waals surface area (Å²) in [5.74, 6) is -1.33. The molecule has 0 unspecified atom stereocenters. The number of alkyl carbamates (subject to hydrolysis) is 1. The number of nitriles is 1. The summed E-state index contributed by atoms with van der Waals surface area (Å²) in [5, 5.41) is 22.5. The third kappa shape index (κ3) is 55.0. The van der Waals surface area contributed by atoms with Crippen molar-refractivity contribution in [2.75, 3.05) is 0 Å². The average Bonchev–Trinajstić information content (AvgIpc) is 0.847. The maximum atomic E-state index is 11.9. The van der Waals surface area contributed by atoms with Crippen LogP contribution in [-0.2, 0) is 45.8 Å². The molecule has 127 heavy (non-hydrogen) atoms. The first kappa shape index (κ1) is 124. The normalized spacial score (nSPS) is 11.3. The minimum absolute atomic E-state index is 0. The molecule has 0 saturated heterocycles. The number of nitrogens with one attached hydrogen (secondary N) is 1. The lowest BCUT2D eigenvalue weighted by Gasteiger charge is -2.20. The predicted octanol–water partition coefficient (Wildman–Crippen LogP) is 29.7. The molecule has 0 bridgehead atoms. The molecule has 0 spiro atoms. The van der Waals surface area contributed by atoms with Gasteiger partial charge in [-0.05, 0) is 168 Å². The van der Waals surface area contributed by atoms with Crippen LogP contribution < -0.4 is 22.9 Å². The van der Waals surface area contributed by atoms with Crippen LogP contribution in [0.25, 0.3) is 54.5 Å². The molecular formula is C88H122BBr3Cl5N10O13PS6. The van der Waals surface area contributed by atoms with Crippen molar-refractivity contribution in [1.29, 1.82) is 5.26 Å². The number of benzene rings is 5. The van der Waals surface area contributed by atoms with E-state index in [4.69, 9.17) is 36.5 Å². The van der Waals surface area contributed by atoms with Gasteiger partial charge in [-0.15, -0.1) is 106 Å². The zero-order valence-electron chi connectivity index (χ0n) is 76.5. The summed E-state index contributed by atoms with van der Waals surface area (Å²) in [6.45, 7) is 51.4. The smallest absolute Gasteiger partial charge is 0.478 e. The van der Waals surface area contributed by atoms with Gasteiger partial charge in [0.05, 0.1) is 50.3 Å². The number of thioether (sulfide) groups is 5. The van der Waals surface area contributed by atoms with Crippen molar-refractivity contribution in [3.8, 4) is 6.07 Å². The number of pyridine rings is 5. The van der Waals surface area contributed by atoms with Crippen LogP contribution in [0.4, 0.5) is 14.4 Å². The van der Waals surface area contributed by atoms with E-state index in [1.54, 1.807) is 139 Å². The molecule has 5 aromatic heterocycles. The molecule has 0 fully saturated rings. The topological polar surface area (TPSA) is 395 Å². The standard InChI is InChI=1S/C19H26N2O2S.C14H16N2OS.C14H18N2S.C14H14N2S.C14H15NO2S.C10H18O5.C2H6.CH4.BBr3.Cl3OP.Cl2OS.H3N.H2O/c1-18(2,3)23-17(22)21-12-13-10-11-20-16-14(13)8-7-9-15(16)24-19(4,5)6;1-14(2,3)18-11-6-4-5-9-10(13(15)17)7-8-16-12(9)11;2*1-14(2,3)17-12-6-4-5-11-10(9-15)7-8-16-13(11)12;1-14(2,3)18-11-6-4-5-9-10(13(16)17)7-8-15-12(9)11;1-9(2,3)14-7(11)13-8(12)15-10(4,5)6;1-2;;2-1(3)4;1-5(2,3)4;1-4(2)3;;/h7-11H,12H2,1-6H3,(H,21,22);4-8H,1-3H3,(H2,15,17);4-8H,9,15H2,1-3H3;4-8H,1-3H3;4-8H,1-3H3,(H,16,17);1-6H3;1-2H3;1H4;;;;1H3;1H2/i;;;;;;1D;;;;;;. The second kappa shape index (κ2) is 57.9. The Bertz CT molecular complexity index is 5170. The van der Waals surface area contributed by atoms with E-state index in [-0.39, 0.29) is 46.0 Å². The Labute approximate surface area is 824 Å². The number of nitrogens with zero attached hydrogens (tertiary/aromatic N) is 6. The molecule has 11 N–H and O–H groups in total. The molecule has 702 valence electrons. The van der Waals surface area contributed by atoms with Crippen molar-refractivity contribution in [2.45, 2.75) is 266 Å². The zero-order chi connectivity index (χ0) is 96.2. The molecule has 5 heterocycles. The lowest BCUT2D eigenvalue weighted by atomic mass is 10.1. The average molecular weight is 2180 g/mol. The van der Waals surface area contributed by atoms with Crippen molar-refractivity contribution >= 4 is 264 Å². The first-order valence-corrected chi connectivity index (χ1v) is 52.0. The van der Waals surface area contributed by atoms with Crippen LogP contribution in [0.2, 0.25) is 0 Å². The summed E-state index contributed by atoms with van der Waals surface area (Å²) >= 11 is 32.0. The van der Waals surface area contributed by atoms with E-state index in [0.29, 0.717) is 42.1 Å². The summed E-state index contributed by atoms with van der Waals surface area (Å²) in [6, 6.07) is 41.1. The number of aromatic carboxylic acids is 1. The highest BCUT2D eigenvalue weighted by molar-refractivity contribution is 9.69. The van der Waals surface area contributed by atoms with Crippen molar-refractivity contribution in [3.05, 3.63) is 180 Å². The molecule has 0 aliphatic heterocycles. The van der Waals surface area contributed by atoms with Crippen LogP contribution in [0.3, 0.4) is 0 Å². The Hall–Kier alpha value is -5.45. The van der Waals surface area contributed by atoms with Gasteiger partial charge in [0.15, 0.2) is 0 Å². The predicted molar refractivity (Wildman–Crippen MR) is 556 cm³/mol. The van der Waals surface area contributed by atoms with Gasteiger partial charge in [-0.1, -0.05) is 186 Å². The van der Waals surface area contributed by atoms with E-state index in [2.05, 4.69) is 278 Å². The van der Waals surface area contributed by atoms with Crippen LogP contribution in [-0.4, -0.2) is 114 Å². The second-order valence-electron chi connectivity index (χ2n) is 33.6. The molecule has 23 nitrogen and oxygen atoms in total. The lowest BCUT2D eigenvalue weighted by molar-refractivity contribution is -0.0295. The van der Waals surface area contributed by atoms with Gasteiger partial charge in [0.2, 0.25) is 15.1 Å². The van der Waals surface area contributed by atoms with E-state index >= 15 is 0 Å². The number of carbonyl (C=O) groups excluding carboxylic acids is 4. The van der Waals surface area contributed by atoms with Gasteiger partial charge < -0.3 is 52.5 Å². The number of nitrogens with two attached hydrogens (primary N) is 2. The minimum Gasteiger partial charge on any atom is -0.478 e. The number of primary amides is 1. The molecule has 0 radical (unpaired) electrons. The molecule has 5 aromatic carbocycles. The number of hydrogen-bond acceptors (Lipinski definition) is 24. The van der Waals surface area contributed by atoms with Crippen molar-refractivity contribution in [1.82, 2.24) is 36.4 Å². The highest BCUT2D eigenvalue weighted by atomic mass is 79.9. The molecule has 10 aromatic rings. The van der Waals surface area contributed by atoms with Gasteiger partial charge in [-0.25, -0.2) is 23.4 Å². The number of halogens is 8. The Morgan fingerprint density at radius 2 is 0.756 bits per heavy atom. The first-order valence-electron chi connectivity index (χ1n) is 38.6. The number of carboxylic acid groups (broad SMARTS) is 1. The SMILES string of the molecule is BrB(Br)Br.C.CC(C)(C)OC(=O)NCc1ccnc2c(SC(C)(C)C)cccc12.CC(C)(C)OC(=O)OC(=O)OC(C)(C)C.CC(C)(C)Sc1cccc2c(C#N)ccnc12.CC(C)(C)Sc1cccc2c(C(=O)O)ccnc12.CC(C)(C)Sc1cccc2c(C(N)=O)ccnc12.CC(C)(C)Sc1cccc2c(CN)ccnc12.N.O.O=P(Cl)(Cl)Cl.O=S(Cl)Cl.[2H]CC. The molecule has 10 rings (SSSR count). The Kier molecular flexibility index (Phi) is 56.3. The molecule has 0 aliphatic carbocycles. The maximum absolute atomic E-state index is 11.9. The van der Waals surface area contributed by atoms with E-state index < -0.39 is 61.5 Å². The summed E-state index contributed by atoms with van der Waals surface area (Å²) in [6.07, 6.45) is 6.00. The Morgan fingerprint density at radius 1 is 0.504 bits per heavy atom. The fraction of sp³-hybridized carbons (Fsp3) is 0.420. The summed E-state index contributed by atoms with van der Waals surface area (Å²) in [4.78, 5) is 84.2. The zero-order valence-corrected chi connectivity index (χ0v) is 89.9. The van der Waals surface area contributed by atoms with Gasteiger partial charge in [-0.2, -0.15) is 5.26 Å². The number of rotatable bonds is 10. The van der Waals surface area contributed by atoms with E-state index in [1.165, 1.54) is 16.3 Å². The third-order valence-corrected chi connectivity index (χ3v) is 19.3. The fourth-order valence-corrected chi connectivity index (χ4v) is 15.2. The molecule has 39 heteroatoms. The highest BCUT2D eigenvalue weighted by Crippen LogP contribution is 2.61. The van der Waals surface area contributed by atoms with Crippen LogP contribution in [0.15, 0.2) is 177 Å². The van der Waals surface area contributed by atoms with Gasteiger partial charge >= 0.3 is 32.8 Å². The Morgan fingerprint density at radius 3 is 1.04 bits per heavy atom. The number of hydrogen-bond donors (Lipinski definition) is 5. The maximum Gasteiger partial charge on any atom is 0.519 e. The van der Waals surface area contributed by atoms with E-state index in [9.17, 15) is 33.6 Å². The molecule has 0 saturated carbocycles. The van der Waals surface area contributed by atoms with Crippen LogP contribution in [0.1, 0.15) is 226 Å². The summed E-state index contributed by atoms with van der Waals surface area (Å²) in [5.41, 5.74) is 17.5. The van der Waals surface area contributed by atoms with Crippen LogP contribution in [0.5, 0.6) is 0 Å². The largest absolute Gasteiger partial charge is 0.519 e. The van der Waals surface area contributed by atoms with Gasteiger partial charge in [-0.3, -0.25) is 34.3 Å². The van der Waals surface area contributed by atoms with Crippen molar-refractivity contribution < 1.29 is 63.6 Å². The van der Waals surface area contributed by atoms with Gasteiger partial charge in [0, 0.05) is 142 Å². The van der Waals surface area contributed by atoms with E-state index in [1.807, 2.05) is 105 Å². The van der Waals surface area contributed by atoms with Crippen molar-refractivity contribution in [3.63, 3.8) is 0 Å². The molecule has 2 amide bonds. The fourth-order valence-electron chi connectivity index (χ4n) is 9.84. The number of para-hydroxylation sites is 5. The number of aromatic nitrogens is 5. The quantitative estimate of drug-likeness (QED) is 0.0161. The third-order valence-electron chi connectivity index (χ3n) is 13.5. The number of ether oxygens (including phenoxy) is 4. The van der Waals surface area contributed by atoms with E-state index in [0.717, 1.165) is 74.5 Å². The van der Waals surface area contributed by atoms with Crippen LogP contribution in [0, 0.1) is 11.3 Å². The van der Waals surface area contributed by atoms with Gasteiger partial charge in [0.1, 0.15) is 16.8 Å². The highest BCUT2D eigenvalue weighted by Gasteiger charge is 2.26.